The van der Waals surface area contributed by atoms with E-state index in [4.69, 9.17) is 14.2 Å². The molecule has 20 heavy (non-hydrogen) atoms. The van der Waals surface area contributed by atoms with Crippen molar-refractivity contribution in [3.63, 3.8) is 0 Å². The molecule has 1 aromatic carbocycles. The molecule has 5 heteroatoms. The molecular formula is C15H13NO4. The molecule has 0 saturated carbocycles. The van der Waals surface area contributed by atoms with Crippen LogP contribution in [-0.4, -0.2) is 17.6 Å². The minimum Gasteiger partial charge on any atom is -0.473 e. The van der Waals surface area contributed by atoms with Gasteiger partial charge in [-0.15, -0.1) is 0 Å². The maximum atomic E-state index is 11.1. The second-order valence-corrected chi connectivity index (χ2v) is 4.42. The van der Waals surface area contributed by atoms with Crippen molar-refractivity contribution < 1.29 is 19.0 Å². The number of ether oxygens (including phenoxy) is 3. The number of ketones is 1. The number of fused-ring (bicyclic) bond motifs is 1. The number of pyridine rings is 1. The SMILES string of the molecule is CC(=O)c1ccc(OCc2ccc3c(c2)OCO3)nc1. The average Bonchev–Trinajstić information content (AvgIpc) is 2.93. The van der Waals surface area contributed by atoms with Gasteiger partial charge in [0.2, 0.25) is 12.7 Å². The van der Waals surface area contributed by atoms with Crippen molar-refractivity contribution in [3.05, 3.63) is 47.7 Å². The molecule has 2 aromatic rings. The summed E-state index contributed by atoms with van der Waals surface area (Å²) in [5.41, 5.74) is 1.53. The summed E-state index contributed by atoms with van der Waals surface area (Å²) >= 11 is 0. The van der Waals surface area contributed by atoms with Crippen molar-refractivity contribution in [3.8, 4) is 17.4 Å². The van der Waals surface area contributed by atoms with E-state index in [-0.39, 0.29) is 12.6 Å². The first-order valence-corrected chi connectivity index (χ1v) is 6.21. The Balaban J connectivity index is 1.65. The Kier molecular flexibility index (Phi) is 3.25. The smallest absolute Gasteiger partial charge is 0.231 e. The van der Waals surface area contributed by atoms with E-state index in [1.165, 1.54) is 13.1 Å². The van der Waals surface area contributed by atoms with Crippen LogP contribution in [0.2, 0.25) is 0 Å². The van der Waals surface area contributed by atoms with E-state index < -0.39 is 0 Å². The third kappa shape index (κ3) is 2.56. The lowest BCUT2D eigenvalue weighted by Crippen LogP contribution is -1.99. The monoisotopic (exact) mass is 271 g/mol. The van der Waals surface area contributed by atoms with E-state index in [0.717, 1.165) is 17.1 Å². The number of nitrogens with zero attached hydrogens (tertiary/aromatic N) is 1. The lowest BCUT2D eigenvalue weighted by Gasteiger charge is -2.06. The molecule has 0 spiro atoms. The molecule has 2 heterocycles. The fourth-order valence-electron chi connectivity index (χ4n) is 1.86. The third-order valence-corrected chi connectivity index (χ3v) is 2.97. The van der Waals surface area contributed by atoms with Crippen LogP contribution in [-0.2, 0) is 6.61 Å². The number of rotatable bonds is 4. The summed E-state index contributed by atoms with van der Waals surface area (Å²) in [5.74, 6) is 1.94. The molecular weight excluding hydrogens is 258 g/mol. The van der Waals surface area contributed by atoms with Crippen LogP contribution in [0, 0.1) is 0 Å². The lowest BCUT2D eigenvalue weighted by molar-refractivity contribution is 0.101. The van der Waals surface area contributed by atoms with Gasteiger partial charge in [-0.2, -0.15) is 0 Å². The van der Waals surface area contributed by atoms with Gasteiger partial charge in [0.25, 0.3) is 0 Å². The zero-order valence-corrected chi connectivity index (χ0v) is 11.0. The van der Waals surface area contributed by atoms with E-state index >= 15 is 0 Å². The van der Waals surface area contributed by atoms with Crippen molar-refractivity contribution in [1.29, 1.82) is 0 Å². The maximum Gasteiger partial charge on any atom is 0.231 e. The molecule has 1 aromatic heterocycles. The van der Waals surface area contributed by atoms with E-state index in [2.05, 4.69) is 4.98 Å². The van der Waals surface area contributed by atoms with Crippen LogP contribution in [0.25, 0.3) is 0 Å². The van der Waals surface area contributed by atoms with Gasteiger partial charge in [-0.05, 0) is 30.7 Å². The minimum absolute atomic E-state index is 0.0141. The summed E-state index contributed by atoms with van der Waals surface area (Å²) in [4.78, 5) is 15.2. The summed E-state index contributed by atoms with van der Waals surface area (Å²) < 4.78 is 16.1. The molecule has 3 rings (SSSR count). The minimum atomic E-state index is -0.0141. The van der Waals surface area contributed by atoms with Crippen molar-refractivity contribution in [2.75, 3.05) is 6.79 Å². The zero-order valence-electron chi connectivity index (χ0n) is 11.0. The molecule has 1 aliphatic rings. The van der Waals surface area contributed by atoms with Gasteiger partial charge in [-0.1, -0.05) is 6.07 Å². The van der Waals surface area contributed by atoms with Crippen molar-refractivity contribution in [2.24, 2.45) is 0 Å². The Morgan fingerprint density at radius 2 is 2.10 bits per heavy atom. The first kappa shape index (κ1) is 12.5. The summed E-state index contributed by atoms with van der Waals surface area (Å²) in [5, 5.41) is 0. The van der Waals surface area contributed by atoms with E-state index in [1.807, 2.05) is 18.2 Å². The molecule has 0 atom stereocenters. The number of benzene rings is 1. The molecule has 0 saturated heterocycles. The summed E-state index contributed by atoms with van der Waals surface area (Å²) in [7, 11) is 0. The van der Waals surface area contributed by atoms with Crippen LogP contribution in [0.15, 0.2) is 36.5 Å². The molecule has 0 unspecified atom stereocenters. The first-order valence-electron chi connectivity index (χ1n) is 6.21. The number of Topliss-reactive ketones (excluding diaryl/α,β-unsaturated/α-hetero) is 1. The second kappa shape index (κ2) is 5.21. The van der Waals surface area contributed by atoms with E-state index in [9.17, 15) is 4.79 Å². The Hall–Kier alpha value is -2.56. The number of aromatic nitrogens is 1. The summed E-state index contributed by atoms with van der Waals surface area (Å²) in [6.45, 7) is 2.14. The van der Waals surface area contributed by atoms with Crippen LogP contribution in [0.3, 0.4) is 0 Å². The number of hydrogen-bond donors (Lipinski definition) is 0. The molecule has 0 fully saturated rings. The highest BCUT2D eigenvalue weighted by Crippen LogP contribution is 2.32. The average molecular weight is 271 g/mol. The normalized spacial score (nSPS) is 12.2. The number of hydrogen-bond acceptors (Lipinski definition) is 5. The molecule has 0 aliphatic carbocycles. The number of carbonyl (C=O) groups excluding carboxylic acids is 1. The highest BCUT2D eigenvalue weighted by molar-refractivity contribution is 5.93. The van der Waals surface area contributed by atoms with E-state index in [0.29, 0.717) is 18.1 Å². The fraction of sp³-hybridized carbons (Fsp3) is 0.200. The topological polar surface area (TPSA) is 57.7 Å². The Labute approximate surface area is 116 Å². The Morgan fingerprint density at radius 1 is 1.25 bits per heavy atom. The molecule has 0 radical (unpaired) electrons. The van der Waals surface area contributed by atoms with Crippen molar-refractivity contribution in [2.45, 2.75) is 13.5 Å². The fourth-order valence-corrected chi connectivity index (χ4v) is 1.86. The second-order valence-electron chi connectivity index (χ2n) is 4.42. The molecule has 0 amide bonds. The zero-order chi connectivity index (χ0) is 13.9. The molecule has 0 bridgehead atoms. The molecule has 1 aliphatic heterocycles. The van der Waals surface area contributed by atoms with Crippen LogP contribution in [0.4, 0.5) is 0 Å². The lowest BCUT2D eigenvalue weighted by atomic mass is 10.2. The summed E-state index contributed by atoms with van der Waals surface area (Å²) in [6, 6.07) is 9.03. The van der Waals surface area contributed by atoms with Gasteiger partial charge in [0.1, 0.15) is 6.61 Å². The highest BCUT2D eigenvalue weighted by atomic mass is 16.7. The van der Waals surface area contributed by atoms with Gasteiger partial charge in [0, 0.05) is 17.8 Å². The van der Waals surface area contributed by atoms with Gasteiger partial charge in [0.05, 0.1) is 0 Å². The van der Waals surface area contributed by atoms with Crippen molar-refractivity contribution in [1.82, 2.24) is 4.98 Å². The van der Waals surface area contributed by atoms with E-state index in [1.54, 1.807) is 12.1 Å². The summed E-state index contributed by atoms with van der Waals surface area (Å²) in [6.07, 6.45) is 1.51. The third-order valence-electron chi connectivity index (χ3n) is 2.97. The molecule has 0 N–H and O–H groups in total. The van der Waals surface area contributed by atoms with Gasteiger partial charge >= 0.3 is 0 Å². The maximum absolute atomic E-state index is 11.1. The predicted molar refractivity (Wildman–Crippen MR) is 71.1 cm³/mol. The molecule has 5 nitrogen and oxygen atoms in total. The van der Waals surface area contributed by atoms with Crippen molar-refractivity contribution >= 4 is 5.78 Å². The Bertz CT molecular complexity index is 637. The Morgan fingerprint density at radius 3 is 2.85 bits per heavy atom. The van der Waals surface area contributed by atoms with Crippen LogP contribution < -0.4 is 14.2 Å². The van der Waals surface area contributed by atoms with Gasteiger partial charge in [-0.3, -0.25) is 4.79 Å². The molecule has 102 valence electrons. The van der Waals surface area contributed by atoms with Crippen LogP contribution in [0.1, 0.15) is 22.8 Å². The van der Waals surface area contributed by atoms with Gasteiger partial charge in [0.15, 0.2) is 17.3 Å². The predicted octanol–water partition coefficient (Wildman–Crippen LogP) is 2.59. The quantitative estimate of drug-likeness (QED) is 0.800. The van der Waals surface area contributed by atoms with Crippen LogP contribution in [0.5, 0.6) is 17.4 Å². The standard InChI is InChI=1S/C15H13NO4/c1-10(17)12-3-5-15(16-7-12)18-8-11-2-4-13-14(6-11)20-9-19-13/h2-7H,8-9H2,1H3. The van der Waals surface area contributed by atoms with Gasteiger partial charge in [-0.25, -0.2) is 4.98 Å². The number of carbonyl (C=O) groups is 1. The van der Waals surface area contributed by atoms with Gasteiger partial charge < -0.3 is 14.2 Å². The van der Waals surface area contributed by atoms with Crippen LogP contribution >= 0.6 is 0 Å². The first-order chi connectivity index (χ1) is 9.72. The highest BCUT2D eigenvalue weighted by Gasteiger charge is 2.13. The largest absolute Gasteiger partial charge is 0.473 e.